The maximum Gasteiger partial charge on any atom is 0.262 e. The summed E-state index contributed by atoms with van der Waals surface area (Å²) in [7, 11) is 1.26. The highest BCUT2D eigenvalue weighted by Gasteiger charge is 2.44. The molecule has 0 saturated carbocycles. The number of hydrogen-bond donors (Lipinski definition) is 2. The van der Waals surface area contributed by atoms with Gasteiger partial charge in [0.25, 0.3) is 11.8 Å². The molecule has 15 heteroatoms. The highest BCUT2D eigenvalue weighted by molar-refractivity contribution is 5.96. The predicted octanol–water partition coefficient (Wildman–Crippen LogP) is 4.44. The second kappa shape index (κ2) is 12.5. The fourth-order valence-corrected chi connectivity index (χ4v) is 5.62. The number of aromatic nitrogens is 3. The van der Waals surface area contributed by atoms with Crippen molar-refractivity contribution in [2.75, 3.05) is 45.2 Å². The molecule has 0 radical (unpaired) electrons. The number of imidazole rings is 1. The zero-order valence-electron chi connectivity index (χ0n) is 24.3. The van der Waals surface area contributed by atoms with Crippen LogP contribution in [0.5, 0.6) is 5.75 Å². The lowest BCUT2D eigenvalue weighted by Crippen LogP contribution is -2.54. The Bertz CT molecular complexity index is 1760. The van der Waals surface area contributed by atoms with Crippen LogP contribution in [0.3, 0.4) is 0 Å². The van der Waals surface area contributed by atoms with E-state index < -0.39 is 36.6 Å². The number of aryl methyl sites for hydroxylation is 1. The molecular weight excluding hydrogens is 618 g/mol. The number of amides is 2. The van der Waals surface area contributed by atoms with Crippen LogP contribution in [0.15, 0.2) is 48.9 Å². The first kappa shape index (κ1) is 32.0. The standard InChI is InChI=1S/C30H29F4N7O3.ClH/c1-17-13-18(3-4-19(17)28(42)39-9-11-40(12-10-39)29(43)21-14-30(33,34)16-37-21)38-26-27-36-15-22(41(27)8-7-35-26)20-5-6-23(44-2)25(32)24(20)31;/h3-8,13,15,21,37H,9-12,14,16H2,1-2H3,(H,35,38);1H/t21-;/m0./s1. The number of alkyl halides is 2. The average Bonchev–Trinajstić information content (AvgIpc) is 3.61. The molecule has 4 heterocycles. The van der Waals surface area contributed by atoms with Gasteiger partial charge in [-0.25, -0.2) is 23.1 Å². The van der Waals surface area contributed by atoms with E-state index in [-0.39, 0.29) is 48.6 Å². The molecule has 2 aromatic heterocycles. The molecule has 0 unspecified atom stereocenters. The van der Waals surface area contributed by atoms with Gasteiger partial charge in [0.1, 0.15) is 0 Å². The molecule has 6 rings (SSSR count). The van der Waals surface area contributed by atoms with Crippen LogP contribution in [0.4, 0.5) is 29.1 Å². The Labute approximate surface area is 261 Å². The third-order valence-electron chi connectivity index (χ3n) is 7.98. The van der Waals surface area contributed by atoms with E-state index in [4.69, 9.17) is 4.74 Å². The van der Waals surface area contributed by atoms with Crippen LogP contribution >= 0.6 is 12.4 Å². The summed E-state index contributed by atoms with van der Waals surface area (Å²) < 4.78 is 62.7. The lowest BCUT2D eigenvalue weighted by Gasteiger charge is -2.36. The van der Waals surface area contributed by atoms with Gasteiger partial charge in [-0.3, -0.25) is 19.3 Å². The summed E-state index contributed by atoms with van der Waals surface area (Å²) in [6.45, 7) is 2.40. The molecule has 2 saturated heterocycles. The maximum absolute atomic E-state index is 14.8. The number of halogens is 5. The van der Waals surface area contributed by atoms with Gasteiger partial charge in [0.05, 0.1) is 31.6 Å². The summed E-state index contributed by atoms with van der Waals surface area (Å²) in [5.74, 6) is -5.45. The minimum atomic E-state index is -2.89. The molecule has 2 fully saturated rings. The van der Waals surface area contributed by atoms with Gasteiger partial charge in [-0.1, -0.05) is 0 Å². The first-order chi connectivity index (χ1) is 21.1. The first-order valence-corrected chi connectivity index (χ1v) is 14.0. The number of methoxy groups -OCH3 is 1. The van der Waals surface area contributed by atoms with Gasteiger partial charge >= 0.3 is 0 Å². The molecule has 45 heavy (non-hydrogen) atoms. The summed E-state index contributed by atoms with van der Waals surface area (Å²) in [6.07, 6.45) is 4.00. The molecule has 2 aliphatic rings. The molecule has 4 aromatic rings. The Morgan fingerprint density at radius 3 is 2.44 bits per heavy atom. The minimum Gasteiger partial charge on any atom is -0.494 e. The van der Waals surface area contributed by atoms with Gasteiger partial charge in [0.15, 0.2) is 23.0 Å². The average molecular weight is 648 g/mol. The predicted molar refractivity (Wildman–Crippen MR) is 160 cm³/mol. The van der Waals surface area contributed by atoms with Crippen LogP contribution in [-0.4, -0.2) is 87.8 Å². The number of anilines is 2. The van der Waals surface area contributed by atoms with Crippen molar-refractivity contribution in [3.63, 3.8) is 0 Å². The van der Waals surface area contributed by atoms with E-state index in [9.17, 15) is 27.2 Å². The Balaban J connectivity index is 0.00000400. The second-order valence-electron chi connectivity index (χ2n) is 10.8. The Hall–Kier alpha value is -4.43. The largest absolute Gasteiger partial charge is 0.494 e. The molecular formula is C30H30ClF4N7O3. The molecule has 1 atom stereocenters. The number of fused-ring (bicyclic) bond motifs is 1. The summed E-state index contributed by atoms with van der Waals surface area (Å²) in [5, 5.41) is 5.77. The van der Waals surface area contributed by atoms with Crippen molar-refractivity contribution >= 4 is 41.4 Å². The maximum atomic E-state index is 14.8. The Morgan fingerprint density at radius 1 is 1.04 bits per heavy atom. The smallest absolute Gasteiger partial charge is 0.262 e. The Morgan fingerprint density at radius 2 is 1.78 bits per heavy atom. The van der Waals surface area contributed by atoms with E-state index in [0.717, 1.165) is 0 Å². The van der Waals surface area contributed by atoms with E-state index in [1.54, 1.807) is 40.6 Å². The molecule has 0 bridgehead atoms. The van der Waals surface area contributed by atoms with Crippen LogP contribution < -0.4 is 15.4 Å². The van der Waals surface area contributed by atoms with E-state index in [1.165, 1.54) is 36.5 Å². The lowest BCUT2D eigenvalue weighted by atomic mass is 10.1. The number of carbonyl (C=O) groups excluding carboxylic acids is 2. The van der Waals surface area contributed by atoms with E-state index in [2.05, 4.69) is 20.6 Å². The van der Waals surface area contributed by atoms with Gasteiger partial charge in [0.2, 0.25) is 11.7 Å². The zero-order valence-corrected chi connectivity index (χ0v) is 25.1. The normalized spacial score (nSPS) is 17.7. The van der Waals surface area contributed by atoms with Gasteiger partial charge < -0.3 is 19.9 Å². The van der Waals surface area contributed by atoms with Crippen molar-refractivity contribution in [1.29, 1.82) is 0 Å². The zero-order chi connectivity index (χ0) is 31.2. The number of carbonyl (C=O) groups is 2. The lowest BCUT2D eigenvalue weighted by molar-refractivity contribution is -0.135. The molecule has 0 spiro atoms. The van der Waals surface area contributed by atoms with E-state index in [1.807, 2.05) is 0 Å². The van der Waals surface area contributed by atoms with E-state index in [0.29, 0.717) is 47.1 Å². The van der Waals surface area contributed by atoms with Crippen molar-refractivity contribution in [2.45, 2.75) is 25.3 Å². The number of hydrogen-bond acceptors (Lipinski definition) is 7. The number of nitrogens with one attached hydrogen (secondary N) is 2. The fraction of sp³-hybridized carbons (Fsp3) is 0.333. The number of ether oxygens (including phenoxy) is 1. The van der Waals surface area contributed by atoms with Crippen LogP contribution in [-0.2, 0) is 4.79 Å². The van der Waals surface area contributed by atoms with Gasteiger partial charge in [-0.05, 0) is 42.8 Å². The van der Waals surface area contributed by atoms with Crippen molar-refractivity contribution in [3.05, 3.63) is 71.7 Å². The molecule has 0 aliphatic carbocycles. The summed E-state index contributed by atoms with van der Waals surface area (Å²) in [4.78, 5) is 37.9. The fourth-order valence-electron chi connectivity index (χ4n) is 5.62. The van der Waals surface area contributed by atoms with Crippen molar-refractivity contribution < 1.29 is 31.9 Å². The quantitative estimate of drug-likeness (QED) is 0.298. The number of rotatable bonds is 6. The molecule has 238 valence electrons. The summed E-state index contributed by atoms with van der Waals surface area (Å²) in [6, 6.07) is 7.05. The SMILES string of the molecule is COc1ccc(-c2cnc3c(Nc4ccc(C(=O)N5CCN(C(=O)[C@@H]6CC(F)(F)CN6)CC5)c(C)c4)nccn23)c(F)c1F.Cl. The van der Waals surface area contributed by atoms with Crippen LogP contribution in [0.2, 0.25) is 0 Å². The number of nitrogens with zero attached hydrogens (tertiary/aromatic N) is 5. The highest BCUT2D eigenvalue weighted by Crippen LogP contribution is 2.32. The molecule has 2 N–H and O–H groups in total. The summed E-state index contributed by atoms with van der Waals surface area (Å²) >= 11 is 0. The third-order valence-corrected chi connectivity index (χ3v) is 7.98. The van der Waals surface area contributed by atoms with Crippen LogP contribution in [0.1, 0.15) is 22.3 Å². The molecule has 2 aliphatic heterocycles. The second-order valence-corrected chi connectivity index (χ2v) is 10.8. The van der Waals surface area contributed by atoms with Gasteiger partial charge in [0, 0.05) is 61.8 Å². The van der Waals surface area contributed by atoms with Gasteiger partial charge in [-0.2, -0.15) is 4.39 Å². The number of piperazine rings is 1. The summed E-state index contributed by atoms with van der Waals surface area (Å²) in [5.41, 5.74) is 2.51. The van der Waals surface area contributed by atoms with Gasteiger partial charge in [-0.15, -0.1) is 12.4 Å². The number of benzene rings is 2. The molecule has 2 amide bonds. The van der Waals surface area contributed by atoms with Crippen molar-refractivity contribution in [3.8, 4) is 17.0 Å². The minimum absolute atomic E-state index is 0. The highest BCUT2D eigenvalue weighted by atomic mass is 35.5. The Kier molecular flexibility index (Phi) is 8.90. The third kappa shape index (κ3) is 6.12. The van der Waals surface area contributed by atoms with Crippen LogP contribution in [0.25, 0.3) is 16.9 Å². The molecule has 2 aromatic carbocycles. The topological polar surface area (TPSA) is 104 Å². The monoisotopic (exact) mass is 647 g/mol. The van der Waals surface area contributed by atoms with Crippen molar-refractivity contribution in [1.82, 2.24) is 29.5 Å². The van der Waals surface area contributed by atoms with E-state index >= 15 is 0 Å². The van der Waals surface area contributed by atoms with Crippen molar-refractivity contribution in [2.24, 2.45) is 0 Å². The molecule has 10 nitrogen and oxygen atoms in total. The first-order valence-electron chi connectivity index (χ1n) is 14.0. The van der Waals surface area contributed by atoms with Crippen LogP contribution in [0, 0.1) is 18.6 Å².